The molecule has 0 atom stereocenters. The first-order valence-electron chi connectivity index (χ1n) is 10.9. The molecule has 8 nitrogen and oxygen atoms in total. The summed E-state index contributed by atoms with van der Waals surface area (Å²) in [6.45, 7) is 4.20. The van der Waals surface area contributed by atoms with E-state index in [0.717, 1.165) is 48.8 Å². The van der Waals surface area contributed by atoms with Gasteiger partial charge in [-0.3, -0.25) is 4.57 Å². The number of hydrogen-bond donors (Lipinski definition) is 0. The van der Waals surface area contributed by atoms with Crippen molar-refractivity contribution in [1.29, 1.82) is 0 Å². The van der Waals surface area contributed by atoms with Gasteiger partial charge in [-0.05, 0) is 49.2 Å². The number of benzene rings is 2. The normalized spacial score (nSPS) is 11.6. The maximum Gasteiger partial charge on any atom is 0.196 e. The fourth-order valence-corrected chi connectivity index (χ4v) is 5.36. The highest BCUT2D eigenvalue weighted by Gasteiger charge is 2.21. The van der Waals surface area contributed by atoms with E-state index in [-0.39, 0.29) is 0 Å². The van der Waals surface area contributed by atoms with Gasteiger partial charge in [-0.1, -0.05) is 29.5 Å². The smallest absolute Gasteiger partial charge is 0.196 e. The van der Waals surface area contributed by atoms with Crippen molar-refractivity contribution >= 4 is 38.2 Å². The Morgan fingerprint density at radius 2 is 1.76 bits per heavy atom. The Hall–Kier alpha value is -3.98. The Labute approximate surface area is 199 Å². The summed E-state index contributed by atoms with van der Waals surface area (Å²) in [6.07, 6.45) is 2.30. The summed E-state index contributed by atoms with van der Waals surface area (Å²) >= 11 is 1.66. The van der Waals surface area contributed by atoms with Crippen LogP contribution in [0.15, 0.2) is 48.8 Å². The summed E-state index contributed by atoms with van der Waals surface area (Å²) in [7, 11) is 3.26. The molecule has 170 valence electrons. The summed E-state index contributed by atoms with van der Waals surface area (Å²) in [5.41, 5.74) is 5.88. The van der Waals surface area contributed by atoms with Crippen LogP contribution in [-0.4, -0.2) is 43.4 Å². The van der Waals surface area contributed by atoms with Gasteiger partial charge in [0.1, 0.15) is 6.33 Å². The number of para-hydroxylation sites is 1. The molecule has 0 fully saturated rings. The lowest BCUT2D eigenvalue weighted by molar-refractivity contribution is 0.354. The molecule has 4 aromatic heterocycles. The zero-order valence-corrected chi connectivity index (χ0v) is 20.1. The van der Waals surface area contributed by atoms with E-state index in [9.17, 15) is 0 Å². The van der Waals surface area contributed by atoms with Gasteiger partial charge in [-0.25, -0.2) is 19.5 Å². The lowest BCUT2D eigenvalue weighted by Gasteiger charge is -2.08. The average Bonchev–Trinajstić information content (AvgIpc) is 3.52. The second-order valence-electron chi connectivity index (χ2n) is 8.12. The highest BCUT2D eigenvalue weighted by Crippen LogP contribution is 2.33. The number of hydrogen-bond acceptors (Lipinski definition) is 7. The minimum absolute atomic E-state index is 0.570. The van der Waals surface area contributed by atoms with Crippen LogP contribution in [0.3, 0.4) is 0 Å². The van der Waals surface area contributed by atoms with Gasteiger partial charge in [0.05, 0.1) is 29.8 Å². The highest BCUT2D eigenvalue weighted by atomic mass is 32.1. The van der Waals surface area contributed by atoms with Crippen LogP contribution in [0.5, 0.6) is 11.5 Å². The number of rotatable bonds is 5. The molecular formula is C25H22N6O2S. The predicted octanol–water partition coefficient (Wildman–Crippen LogP) is 4.90. The van der Waals surface area contributed by atoms with Gasteiger partial charge in [0, 0.05) is 12.1 Å². The lowest BCUT2D eigenvalue weighted by atomic mass is 10.1. The molecule has 0 bridgehead atoms. The molecule has 0 unspecified atom stereocenters. The van der Waals surface area contributed by atoms with E-state index in [2.05, 4.69) is 24.5 Å². The lowest BCUT2D eigenvalue weighted by Crippen LogP contribution is -1.98. The maximum atomic E-state index is 5.44. The Balaban J connectivity index is 1.47. The van der Waals surface area contributed by atoms with Crippen molar-refractivity contribution in [3.63, 3.8) is 0 Å². The third kappa shape index (κ3) is 3.12. The van der Waals surface area contributed by atoms with E-state index >= 15 is 0 Å². The summed E-state index contributed by atoms with van der Waals surface area (Å²) in [6, 6.07) is 14.0. The van der Waals surface area contributed by atoms with Gasteiger partial charge >= 0.3 is 0 Å². The first-order chi connectivity index (χ1) is 16.6. The second kappa shape index (κ2) is 7.81. The van der Waals surface area contributed by atoms with Crippen molar-refractivity contribution in [1.82, 2.24) is 29.1 Å². The largest absolute Gasteiger partial charge is 0.493 e. The topological polar surface area (TPSA) is 79.4 Å². The van der Waals surface area contributed by atoms with E-state index in [1.54, 1.807) is 36.4 Å². The first-order valence-corrected chi connectivity index (χ1v) is 11.7. The van der Waals surface area contributed by atoms with Crippen molar-refractivity contribution in [2.75, 3.05) is 14.2 Å². The van der Waals surface area contributed by atoms with E-state index in [1.165, 1.54) is 0 Å². The third-order valence-electron chi connectivity index (χ3n) is 6.16. The molecule has 0 N–H and O–H groups in total. The summed E-state index contributed by atoms with van der Waals surface area (Å²) in [5, 5.41) is 6.59. The minimum Gasteiger partial charge on any atom is -0.493 e. The molecule has 6 rings (SSSR count). The van der Waals surface area contributed by atoms with Crippen LogP contribution in [0.2, 0.25) is 0 Å². The molecular weight excluding hydrogens is 448 g/mol. The molecule has 0 radical (unpaired) electrons. The molecule has 0 amide bonds. The van der Waals surface area contributed by atoms with Crippen LogP contribution in [0.4, 0.5) is 0 Å². The number of thiazole rings is 1. The summed E-state index contributed by atoms with van der Waals surface area (Å²) < 4.78 is 15.8. The van der Waals surface area contributed by atoms with Gasteiger partial charge in [-0.2, -0.15) is 0 Å². The van der Waals surface area contributed by atoms with Crippen LogP contribution < -0.4 is 9.47 Å². The number of aromatic nitrogens is 6. The molecule has 4 heterocycles. The Kier molecular flexibility index (Phi) is 4.73. The van der Waals surface area contributed by atoms with Crippen molar-refractivity contribution < 1.29 is 9.47 Å². The molecule has 34 heavy (non-hydrogen) atoms. The van der Waals surface area contributed by atoms with E-state index in [4.69, 9.17) is 29.5 Å². The molecule has 0 aliphatic carbocycles. The third-order valence-corrected chi connectivity index (χ3v) is 7.18. The van der Waals surface area contributed by atoms with Crippen molar-refractivity contribution in [3.05, 3.63) is 71.4 Å². The predicted molar refractivity (Wildman–Crippen MR) is 133 cm³/mol. The zero-order chi connectivity index (χ0) is 23.4. The molecule has 0 aliphatic heterocycles. The van der Waals surface area contributed by atoms with Crippen molar-refractivity contribution in [3.8, 4) is 16.6 Å². The number of nitrogens with zero attached hydrogens (tertiary/aromatic N) is 6. The molecule has 2 aromatic carbocycles. The number of aryl methyl sites for hydroxylation is 1. The summed E-state index contributed by atoms with van der Waals surface area (Å²) in [5.74, 6) is 2.10. The van der Waals surface area contributed by atoms with Crippen LogP contribution in [-0.2, 0) is 6.42 Å². The number of methoxy groups -OCH3 is 2. The van der Waals surface area contributed by atoms with Crippen LogP contribution in [0, 0.1) is 13.8 Å². The number of ether oxygens (including phenoxy) is 2. The average molecular weight is 471 g/mol. The Morgan fingerprint density at radius 3 is 2.56 bits per heavy atom. The van der Waals surface area contributed by atoms with Crippen LogP contribution in [0.1, 0.15) is 22.6 Å². The van der Waals surface area contributed by atoms with Crippen LogP contribution in [0.25, 0.3) is 32.0 Å². The SMILES string of the molecule is COc1ccc(Cc2nc3c4c(C)c(C)n(-c5nc6ccccc6s5)c4ncn3n2)cc1OC. The first kappa shape index (κ1) is 20.6. The molecule has 0 spiro atoms. The van der Waals surface area contributed by atoms with Gasteiger partial charge in [0.2, 0.25) is 0 Å². The van der Waals surface area contributed by atoms with Gasteiger partial charge in [-0.15, -0.1) is 5.10 Å². The van der Waals surface area contributed by atoms with Crippen molar-refractivity contribution in [2.24, 2.45) is 0 Å². The zero-order valence-electron chi connectivity index (χ0n) is 19.2. The van der Waals surface area contributed by atoms with Crippen molar-refractivity contribution in [2.45, 2.75) is 20.3 Å². The number of fused-ring (bicyclic) bond motifs is 4. The van der Waals surface area contributed by atoms with Gasteiger partial charge < -0.3 is 9.47 Å². The van der Waals surface area contributed by atoms with Gasteiger partial charge in [0.15, 0.2) is 33.7 Å². The molecule has 6 aromatic rings. The van der Waals surface area contributed by atoms with Crippen LogP contribution >= 0.6 is 11.3 Å². The monoisotopic (exact) mass is 470 g/mol. The Bertz CT molecular complexity index is 1660. The molecule has 0 aliphatic rings. The van der Waals surface area contributed by atoms with Gasteiger partial charge in [0.25, 0.3) is 0 Å². The molecule has 9 heteroatoms. The van der Waals surface area contributed by atoms with E-state index in [1.807, 2.05) is 36.4 Å². The summed E-state index contributed by atoms with van der Waals surface area (Å²) in [4.78, 5) is 14.5. The van der Waals surface area contributed by atoms with E-state index in [0.29, 0.717) is 23.7 Å². The molecule has 0 saturated heterocycles. The maximum absolute atomic E-state index is 5.44. The Morgan fingerprint density at radius 1 is 0.941 bits per heavy atom. The highest BCUT2D eigenvalue weighted by molar-refractivity contribution is 7.20. The van der Waals surface area contributed by atoms with E-state index < -0.39 is 0 Å². The fraction of sp³-hybridized carbons (Fsp3) is 0.200. The second-order valence-corrected chi connectivity index (χ2v) is 9.12. The molecule has 0 saturated carbocycles. The fourth-order valence-electron chi connectivity index (χ4n) is 4.34. The standard InChI is InChI=1S/C25H22N6O2S/c1-14-15(2)31(25-27-17-7-5-6-8-20(17)34-25)23-22(14)24-28-21(29-30(24)13-26-23)12-16-9-10-18(32-3)19(11-16)33-4/h5-11,13H,12H2,1-4H3. The minimum atomic E-state index is 0.570. The quantitative estimate of drug-likeness (QED) is 0.356.